The van der Waals surface area contributed by atoms with Crippen molar-refractivity contribution < 1.29 is 18.3 Å². The van der Waals surface area contributed by atoms with E-state index in [0.29, 0.717) is 37.8 Å². The van der Waals surface area contributed by atoms with E-state index in [2.05, 4.69) is 9.71 Å². The van der Waals surface area contributed by atoms with Crippen molar-refractivity contribution in [1.29, 1.82) is 0 Å². The van der Waals surface area contributed by atoms with Gasteiger partial charge in [-0.05, 0) is 49.7 Å². The molecule has 2 saturated carbocycles. The molecule has 0 radical (unpaired) electrons. The number of anilines is 1. The van der Waals surface area contributed by atoms with Crippen molar-refractivity contribution in [3.05, 3.63) is 18.3 Å². The molecule has 2 heterocycles. The number of hydrogen-bond acceptors (Lipinski definition) is 5. The number of fused-ring (bicyclic) bond motifs is 1. The molecule has 2 N–H and O–H groups in total. The van der Waals surface area contributed by atoms with Crippen LogP contribution in [0.25, 0.3) is 0 Å². The quantitative estimate of drug-likeness (QED) is 0.792. The molecule has 0 aromatic carbocycles. The van der Waals surface area contributed by atoms with Crippen molar-refractivity contribution in [2.75, 3.05) is 24.5 Å². The molecule has 7 nitrogen and oxygen atoms in total. The van der Waals surface area contributed by atoms with Crippen LogP contribution in [0.3, 0.4) is 0 Å². The number of pyridine rings is 1. The highest BCUT2D eigenvalue weighted by Gasteiger charge is 2.55. The van der Waals surface area contributed by atoms with Crippen LogP contribution < -0.4 is 9.62 Å². The Labute approximate surface area is 147 Å². The SMILES string of the molecule is O=C(O)[C@@]12CCC[C@H]1CN(c1ccc(S(=O)(=O)NCC3CC3)cn1)C2. The molecule has 3 aliphatic rings. The Morgan fingerprint density at radius 3 is 2.76 bits per heavy atom. The second-order valence-corrected chi connectivity index (χ2v) is 9.35. The van der Waals surface area contributed by atoms with Gasteiger partial charge in [-0.1, -0.05) is 6.42 Å². The second-order valence-electron chi connectivity index (χ2n) is 7.58. The van der Waals surface area contributed by atoms with E-state index in [-0.39, 0.29) is 10.8 Å². The van der Waals surface area contributed by atoms with Crippen LogP contribution in [0.5, 0.6) is 0 Å². The Morgan fingerprint density at radius 2 is 2.16 bits per heavy atom. The average Bonchev–Trinajstić information content (AvgIpc) is 3.20. The number of carboxylic acid groups (broad SMARTS) is 1. The van der Waals surface area contributed by atoms with Crippen molar-refractivity contribution in [3.63, 3.8) is 0 Å². The minimum absolute atomic E-state index is 0.149. The number of sulfonamides is 1. The first-order valence-corrected chi connectivity index (χ1v) is 10.3. The maximum Gasteiger partial charge on any atom is 0.311 e. The van der Waals surface area contributed by atoms with Crippen LogP contribution in [0.2, 0.25) is 0 Å². The van der Waals surface area contributed by atoms with E-state index in [1.165, 1.54) is 6.20 Å². The van der Waals surface area contributed by atoms with Gasteiger partial charge in [0.1, 0.15) is 10.7 Å². The minimum Gasteiger partial charge on any atom is -0.481 e. The molecule has 0 amide bonds. The zero-order valence-electron chi connectivity index (χ0n) is 14.0. The summed E-state index contributed by atoms with van der Waals surface area (Å²) in [6.45, 7) is 1.61. The molecule has 2 atom stereocenters. The summed E-state index contributed by atoms with van der Waals surface area (Å²) in [4.78, 5) is 18.2. The molecule has 1 aromatic rings. The fourth-order valence-electron chi connectivity index (χ4n) is 4.16. The normalized spacial score (nSPS) is 29.0. The standard InChI is InChI=1S/C17H23N3O4S/c21-16(22)17-7-1-2-13(17)10-20(11-17)15-6-5-14(9-18-15)25(23,24)19-8-12-3-4-12/h5-6,9,12-13,19H,1-4,7-8,10-11H2,(H,21,22)/t13-,17+/m0/s1. The van der Waals surface area contributed by atoms with Crippen LogP contribution in [0.1, 0.15) is 32.1 Å². The largest absolute Gasteiger partial charge is 0.481 e. The first-order valence-electron chi connectivity index (χ1n) is 8.85. The molecule has 4 rings (SSSR count). The van der Waals surface area contributed by atoms with Gasteiger partial charge in [0.05, 0.1) is 5.41 Å². The summed E-state index contributed by atoms with van der Waals surface area (Å²) in [6.07, 6.45) is 6.14. The van der Waals surface area contributed by atoms with Crippen molar-refractivity contribution in [2.45, 2.75) is 37.0 Å². The summed E-state index contributed by atoms with van der Waals surface area (Å²) < 4.78 is 27.1. The fraction of sp³-hybridized carbons (Fsp3) is 0.647. The van der Waals surface area contributed by atoms with Gasteiger partial charge < -0.3 is 10.0 Å². The number of carbonyl (C=O) groups is 1. The van der Waals surface area contributed by atoms with Crippen molar-refractivity contribution in [2.24, 2.45) is 17.3 Å². The van der Waals surface area contributed by atoms with Crippen LogP contribution in [0.4, 0.5) is 5.82 Å². The molecule has 3 fully saturated rings. The molecule has 1 aliphatic heterocycles. The van der Waals surface area contributed by atoms with E-state index in [9.17, 15) is 18.3 Å². The molecule has 25 heavy (non-hydrogen) atoms. The van der Waals surface area contributed by atoms with E-state index in [1.807, 2.05) is 4.90 Å². The third-order valence-corrected chi connectivity index (χ3v) is 7.32. The van der Waals surface area contributed by atoms with Gasteiger partial charge in [0.15, 0.2) is 0 Å². The number of nitrogens with one attached hydrogen (secondary N) is 1. The van der Waals surface area contributed by atoms with E-state index in [0.717, 1.165) is 25.7 Å². The third kappa shape index (κ3) is 3.01. The Hall–Kier alpha value is -1.67. The molecular formula is C17H23N3O4S. The van der Waals surface area contributed by atoms with Crippen LogP contribution in [-0.2, 0) is 14.8 Å². The summed E-state index contributed by atoms with van der Waals surface area (Å²) in [5, 5.41) is 9.66. The first-order chi connectivity index (χ1) is 11.9. The minimum atomic E-state index is -3.52. The summed E-state index contributed by atoms with van der Waals surface area (Å²) in [6, 6.07) is 3.24. The van der Waals surface area contributed by atoms with Gasteiger partial charge in [-0.3, -0.25) is 4.79 Å². The highest BCUT2D eigenvalue weighted by molar-refractivity contribution is 7.89. The molecule has 8 heteroatoms. The van der Waals surface area contributed by atoms with Gasteiger partial charge in [-0.2, -0.15) is 0 Å². The van der Waals surface area contributed by atoms with Crippen molar-refractivity contribution in [1.82, 2.24) is 9.71 Å². The van der Waals surface area contributed by atoms with Gasteiger partial charge in [0.2, 0.25) is 10.0 Å². The lowest BCUT2D eigenvalue weighted by atomic mass is 9.81. The average molecular weight is 365 g/mol. The molecule has 2 aliphatic carbocycles. The van der Waals surface area contributed by atoms with Crippen LogP contribution in [-0.4, -0.2) is 44.1 Å². The molecule has 1 saturated heterocycles. The number of hydrogen-bond donors (Lipinski definition) is 2. The second kappa shape index (κ2) is 5.95. The van der Waals surface area contributed by atoms with E-state index >= 15 is 0 Å². The third-order valence-electron chi connectivity index (χ3n) is 5.91. The number of rotatable bonds is 6. The topological polar surface area (TPSA) is 99.6 Å². The van der Waals surface area contributed by atoms with E-state index in [4.69, 9.17) is 0 Å². The fourth-order valence-corrected chi connectivity index (χ4v) is 5.23. The van der Waals surface area contributed by atoms with Gasteiger partial charge in [-0.15, -0.1) is 0 Å². The van der Waals surface area contributed by atoms with Gasteiger partial charge >= 0.3 is 5.97 Å². The number of carboxylic acids is 1. The Kier molecular flexibility index (Phi) is 3.99. The zero-order valence-corrected chi connectivity index (χ0v) is 14.8. The summed E-state index contributed by atoms with van der Waals surface area (Å²) in [5.41, 5.74) is -0.668. The summed E-state index contributed by atoms with van der Waals surface area (Å²) in [7, 11) is -3.52. The summed E-state index contributed by atoms with van der Waals surface area (Å²) in [5.74, 6) is 0.547. The molecule has 0 bridgehead atoms. The molecule has 136 valence electrons. The van der Waals surface area contributed by atoms with Crippen LogP contribution in [0.15, 0.2) is 23.2 Å². The highest BCUT2D eigenvalue weighted by atomic mass is 32.2. The molecule has 0 unspecified atom stereocenters. The van der Waals surface area contributed by atoms with Crippen molar-refractivity contribution >= 4 is 21.8 Å². The Bertz CT molecular complexity index is 776. The smallest absolute Gasteiger partial charge is 0.311 e. The first kappa shape index (κ1) is 16.8. The maximum atomic E-state index is 12.3. The predicted molar refractivity (Wildman–Crippen MR) is 91.8 cm³/mol. The van der Waals surface area contributed by atoms with Crippen LogP contribution >= 0.6 is 0 Å². The molecule has 1 aromatic heterocycles. The zero-order chi connectivity index (χ0) is 17.7. The molecular weight excluding hydrogens is 342 g/mol. The predicted octanol–water partition coefficient (Wildman–Crippen LogP) is 1.46. The van der Waals surface area contributed by atoms with Crippen LogP contribution in [0, 0.1) is 17.3 Å². The maximum absolute atomic E-state index is 12.3. The number of nitrogens with zero attached hydrogens (tertiary/aromatic N) is 2. The van der Waals surface area contributed by atoms with Crippen molar-refractivity contribution in [3.8, 4) is 0 Å². The molecule has 0 spiro atoms. The lowest BCUT2D eigenvalue weighted by molar-refractivity contribution is -0.149. The Morgan fingerprint density at radius 1 is 1.36 bits per heavy atom. The number of aromatic nitrogens is 1. The highest BCUT2D eigenvalue weighted by Crippen LogP contribution is 2.49. The van der Waals surface area contributed by atoms with Gasteiger partial charge in [-0.25, -0.2) is 18.1 Å². The van der Waals surface area contributed by atoms with E-state index in [1.54, 1.807) is 12.1 Å². The number of aliphatic carboxylic acids is 1. The van der Waals surface area contributed by atoms with Gasteiger partial charge in [0.25, 0.3) is 0 Å². The van der Waals surface area contributed by atoms with E-state index < -0.39 is 21.4 Å². The monoisotopic (exact) mass is 365 g/mol. The Balaban J connectivity index is 1.48. The summed E-state index contributed by atoms with van der Waals surface area (Å²) >= 11 is 0. The van der Waals surface area contributed by atoms with Gasteiger partial charge in [0, 0.05) is 25.8 Å². The lowest BCUT2D eigenvalue weighted by Gasteiger charge is -2.23. The lowest BCUT2D eigenvalue weighted by Crippen LogP contribution is -2.35.